The van der Waals surface area contributed by atoms with Crippen molar-refractivity contribution in [3.05, 3.63) is 60.7 Å². The maximum absolute atomic E-state index is 10.3. The van der Waals surface area contributed by atoms with Crippen LogP contribution in [0.25, 0.3) is 0 Å². The molecule has 0 heterocycles. The SMILES string of the molecule is C[CH](C)[Al+2].[O-]c1ccccc1.[O-]c1ccccc1. The van der Waals surface area contributed by atoms with Gasteiger partial charge in [-0.1, -0.05) is 60.7 Å². The van der Waals surface area contributed by atoms with Crippen molar-refractivity contribution < 1.29 is 10.2 Å². The van der Waals surface area contributed by atoms with Crippen molar-refractivity contribution in [3.8, 4) is 11.5 Å². The number of rotatable bonds is 0. The van der Waals surface area contributed by atoms with Crippen molar-refractivity contribution in [1.29, 1.82) is 0 Å². The van der Waals surface area contributed by atoms with E-state index in [1.165, 1.54) is 24.3 Å². The van der Waals surface area contributed by atoms with E-state index in [9.17, 15) is 10.2 Å². The van der Waals surface area contributed by atoms with Gasteiger partial charge in [0.05, 0.1) is 0 Å². The standard InChI is InChI=1S/2C6H6O.C3H7.Al/c2*7-6-4-2-1-3-5-6;1-3-2;/h2*1-5,7H;3H,1-2H3;/q;;;+2/p-2. The van der Waals surface area contributed by atoms with Crippen LogP contribution in [0.1, 0.15) is 13.8 Å². The van der Waals surface area contributed by atoms with Gasteiger partial charge in [-0.05, 0) is 0 Å². The van der Waals surface area contributed by atoms with Crippen LogP contribution >= 0.6 is 0 Å². The maximum atomic E-state index is 10.3. The van der Waals surface area contributed by atoms with Crippen molar-refractivity contribution in [2.45, 2.75) is 18.6 Å². The molecule has 0 atom stereocenters. The summed E-state index contributed by atoms with van der Waals surface area (Å²) in [6, 6.07) is 16.7. The molecule has 2 nitrogen and oxygen atoms in total. The quantitative estimate of drug-likeness (QED) is 0.680. The van der Waals surface area contributed by atoms with Gasteiger partial charge in [0.1, 0.15) is 0 Å². The molecule has 2 aromatic rings. The molecule has 0 aliphatic rings. The van der Waals surface area contributed by atoms with Gasteiger partial charge in [0.2, 0.25) is 0 Å². The van der Waals surface area contributed by atoms with Gasteiger partial charge in [-0.2, -0.15) is 0 Å². The van der Waals surface area contributed by atoms with Crippen molar-refractivity contribution in [2.24, 2.45) is 0 Å². The Hall–Kier alpha value is -1.43. The molecular formula is C15H17AlO2. The average Bonchev–Trinajstić information content (AvgIpc) is 2.31. The fourth-order valence-corrected chi connectivity index (χ4v) is 0.841. The van der Waals surface area contributed by atoms with Gasteiger partial charge in [0, 0.05) is 0 Å². The second kappa shape index (κ2) is 10.7. The van der Waals surface area contributed by atoms with E-state index in [0.717, 1.165) is 4.78 Å². The fourth-order valence-electron chi connectivity index (χ4n) is 0.841. The van der Waals surface area contributed by atoms with E-state index >= 15 is 0 Å². The third-order valence-corrected chi connectivity index (χ3v) is 1.49. The van der Waals surface area contributed by atoms with Gasteiger partial charge in [-0.25, -0.2) is 0 Å². The second-order valence-electron chi connectivity index (χ2n) is 3.87. The van der Waals surface area contributed by atoms with Crippen LogP contribution in [0.15, 0.2) is 60.7 Å². The van der Waals surface area contributed by atoms with Crippen LogP contribution in [0, 0.1) is 0 Å². The predicted molar refractivity (Wildman–Crippen MR) is 72.6 cm³/mol. The number of benzene rings is 2. The largest absolute Gasteiger partial charge is 0.872 e. The summed E-state index contributed by atoms with van der Waals surface area (Å²) in [5.41, 5.74) is 0. The van der Waals surface area contributed by atoms with Crippen LogP contribution in [-0.4, -0.2) is 16.3 Å². The molecule has 0 saturated carbocycles. The van der Waals surface area contributed by atoms with Crippen LogP contribution in [0.2, 0.25) is 4.78 Å². The molecule has 0 amide bonds. The monoisotopic (exact) mass is 256 g/mol. The van der Waals surface area contributed by atoms with Gasteiger partial charge < -0.3 is 10.2 Å². The van der Waals surface area contributed by atoms with E-state index in [2.05, 4.69) is 30.1 Å². The number of para-hydroxylation sites is 2. The minimum atomic E-state index is 0.0718. The summed E-state index contributed by atoms with van der Waals surface area (Å²) in [6.45, 7) is 4.26. The molecule has 0 N–H and O–H groups in total. The van der Waals surface area contributed by atoms with E-state index in [1.54, 1.807) is 24.3 Å². The van der Waals surface area contributed by atoms with Crippen molar-refractivity contribution in [1.82, 2.24) is 0 Å². The van der Waals surface area contributed by atoms with Crippen LogP contribution in [0.4, 0.5) is 0 Å². The summed E-state index contributed by atoms with van der Waals surface area (Å²) < 4.78 is 0.750. The molecule has 0 aromatic heterocycles. The smallest absolute Gasteiger partial charge is 0.0623 e. The molecular weight excluding hydrogens is 239 g/mol. The maximum Gasteiger partial charge on any atom is -0.0623 e. The van der Waals surface area contributed by atoms with Gasteiger partial charge >= 0.3 is 34.9 Å². The molecule has 2 aromatic carbocycles. The molecule has 3 heteroatoms. The zero-order valence-electron chi connectivity index (χ0n) is 10.7. The Balaban J connectivity index is 0.000000253. The van der Waals surface area contributed by atoms with E-state index in [1.807, 2.05) is 12.1 Å². The topological polar surface area (TPSA) is 46.1 Å². The van der Waals surface area contributed by atoms with E-state index in [4.69, 9.17) is 0 Å². The Morgan fingerprint density at radius 1 is 0.722 bits per heavy atom. The molecule has 2 rings (SSSR count). The zero-order valence-corrected chi connectivity index (χ0v) is 11.9. The normalized spacial score (nSPS) is 8.72. The molecule has 0 radical (unpaired) electrons. The molecule has 0 spiro atoms. The van der Waals surface area contributed by atoms with Crippen molar-refractivity contribution in [2.75, 3.05) is 0 Å². The van der Waals surface area contributed by atoms with Crippen LogP contribution in [0.3, 0.4) is 0 Å². The Labute approximate surface area is 117 Å². The number of hydrogen-bond acceptors (Lipinski definition) is 2. The van der Waals surface area contributed by atoms with Gasteiger partial charge in [-0.15, -0.1) is 11.5 Å². The molecule has 0 unspecified atom stereocenters. The molecule has 0 aliphatic heterocycles. The van der Waals surface area contributed by atoms with E-state index in [0.29, 0.717) is 0 Å². The van der Waals surface area contributed by atoms with Crippen molar-refractivity contribution >= 4 is 16.3 Å². The van der Waals surface area contributed by atoms with Crippen LogP contribution < -0.4 is 10.2 Å². The first-order chi connectivity index (χ1) is 8.52. The zero-order chi connectivity index (χ0) is 13.8. The Bertz CT molecular complexity index is 347. The summed E-state index contributed by atoms with van der Waals surface area (Å²) >= 11 is 2.66. The van der Waals surface area contributed by atoms with E-state index < -0.39 is 0 Å². The first-order valence-corrected chi connectivity index (χ1v) is 6.38. The average molecular weight is 256 g/mol. The third-order valence-electron chi connectivity index (χ3n) is 1.49. The molecule has 18 heavy (non-hydrogen) atoms. The molecule has 0 saturated heterocycles. The Morgan fingerprint density at radius 2 is 0.944 bits per heavy atom. The first-order valence-electron chi connectivity index (χ1n) is 5.72. The van der Waals surface area contributed by atoms with Crippen LogP contribution in [0.5, 0.6) is 11.5 Å². The summed E-state index contributed by atoms with van der Waals surface area (Å²) in [5, 5.41) is 20.5. The summed E-state index contributed by atoms with van der Waals surface area (Å²) in [4.78, 5) is 0. The molecule has 92 valence electrons. The summed E-state index contributed by atoms with van der Waals surface area (Å²) in [7, 11) is 0. The van der Waals surface area contributed by atoms with Crippen LogP contribution in [-0.2, 0) is 0 Å². The van der Waals surface area contributed by atoms with Gasteiger partial charge in [0.15, 0.2) is 0 Å². The van der Waals surface area contributed by atoms with Crippen molar-refractivity contribution in [3.63, 3.8) is 0 Å². The third kappa shape index (κ3) is 12.6. The summed E-state index contributed by atoms with van der Waals surface area (Å²) in [5.74, 6) is 0.144. The van der Waals surface area contributed by atoms with Gasteiger partial charge in [0.25, 0.3) is 0 Å². The Morgan fingerprint density at radius 3 is 1.06 bits per heavy atom. The van der Waals surface area contributed by atoms with Gasteiger partial charge in [-0.3, -0.25) is 0 Å². The molecule has 0 aliphatic carbocycles. The molecule has 0 bridgehead atoms. The molecule has 0 fully saturated rings. The predicted octanol–water partition coefficient (Wildman–Crippen LogP) is 2.50. The minimum Gasteiger partial charge on any atom is -0.872 e. The number of hydrogen-bond donors (Lipinski definition) is 0. The second-order valence-corrected chi connectivity index (χ2v) is 5.20. The first kappa shape index (κ1) is 16.6. The summed E-state index contributed by atoms with van der Waals surface area (Å²) in [6.07, 6.45) is 0. The minimum absolute atomic E-state index is 0.0718. The Kier molecular flexibility index (Phi) is 9.86. The van der Waals surface area contributed by atoms with E-state index in [-0.39, 0.29) is 11.5 Å². The fraction of sp³-hybridized carbons (Fsp3) is 0.200.